The molecule has 0 aliphatic rings. The highest BCUT2D eigenvalue weighted by atomic mass is 32.2. The van der Waals surface area contributed by atoms with Gasteiger partial charge in [-0.3, -0.25) is 4.79 Å². The van der Waals surface area contributed by atoms with Crippen molar-refractivity contribution in [3.05, 3.63) is 23.8 Å². The number of carbonyl (C=O) groups is 1. The lowest BCUT2D eigenvalue weighted by Crippen LogP contribution is -2.12. The van der Waals surface area contributed by atoms with Crippen molar-refractivity contribution < 1.29 is 17.9 Å². The van der Waals surface area contributed by atoms with Crippen LogP contribution in [-0.2, 0) is 9.84 Å². The molecule has 2 N–H and O–H groups in total. The first-order valence-corrected chi connectivity index (χ1v) is 6.90. The minimum absolute atomic E-state index is 0.0182. The summed E-state index contributed by atoms with van der Waals surface area (Å²) >= 11 is 0. The average Bonchev–Trinajstić information content (AvgIpc) is 2.27. The maximum atomic E-state index is 11.7. The smallest absolute Gasteiger partial charge is 0.176 e. The highest BCUT2D eigenvalue weighted by Crippen LogP contribution is 2.23. The second-order valence-electron chi connectivity index (χ2n) is 3.60. The van der Waals surface area contributed by atoms with Gasteiger partial charge in [-0.05, 0) is 24.7 Å². The van der Waals surface area contributed by atoms with Gasteiger partial charge in [0.15, 0.2) is 15.6 Å². The molecule has 1 aromatic carbocycles. The Kier molecular flexibility index (Phi) is 4.25. The van der Waals surface area contributed by atoms with E-state index in [1.54, 1.807) is 6.07 Å². The lowest BCUT2D eigenvalue weighted by atomic mass is 10.1. The van der Waals surface area contributed by atoms with E-state index in [1.165, 1.54) is 19.2 Å². The van der Waals surface area contributed by atoms with Crippen molar-refractivity contribution in [3.8, 4) is 5.75 Å². The van der Waals surface area contributed by atoms with E-state index < -0.39 is 9.84 Å². The van der Waals surface area contributed by atoms with E-state index in [0.29, 0.717) is 5.75 Å². The Morgan fingerprint density at radius 3 is 2.53 bits per heavy atom. The molecule has 1 aromatic rings. The Morgan fingerprint density at radius 2 is 2.06 bits per heavy atom. The predicted molar refractivity (Wildman–Crippen MR) is 64.1 cm³/mol. The number of sulfone groups is 1. The number of carbonyl (C=O) groups excluding carboxylic acids is 1. The van der Waals surface area contributed by atoms with Crippen LogP contribution in [0.25, 0.3) is 0 Å². The number of ketones is 1. The minimum Gasteiger partial charge on any atom is -0.497 e. The SMILES string of the molecule is COc1ccc(C(=O)CCN)c(S(C)(=O)=O)c1. The average molecular weight is 257 g/mol. The largest absolute Gasteiger partial charge is 0.497 e. The molecule has 0 aliphatic heterocycles. The first-order chi connectivity index (χ1) is 7.90. The van der Waals surface area contributed by atoms with Gasteiger partial charge in [0.05, 0.1) is 12.0 Å². The van der Waals surface area contributed by atoms with Crippen molar-refractivity contribution in [2.75, 3.05) is 19.9 Å². The molecule has 0 saturated carbocycles. The molecule has 0 amide bonds. The number of ether oxygens (including phenoxy) is 1. The molecule has 0 bridgehead atoms. The van der Waals surface area contributed by atoms with Crippen LogP contribution in [0.4, 0.5) is 0 Å². The van der Waals surface area contributed by atoms with Gasteiger partial charge in [0.2, 0.25) is 0 Å². The summed E-state index contributed by atoms with van der Waals surface area (Å²) in [4.78, 5) is 11.7. The van der Waals surface area contributed by atoms with Crippen LogP contribution >= 0.6 is 0 Å². The number of benzene rings is 1. The summed E-state index contributed by atoms with van der Waals surface area (Å²) in [5, 5.41) is 0. The van der Waals surface area contributed by atoms with Crippen LogP contribution in [-0.4, -0.2) is 34.1 Å². The molecule has 0 saturated heterocycles. The third-order valence-corrected chi connectivity index (χ3v) is 3.40. The van der Waals surface area contributed by atoms with Crippen LogP contribution < -0.4 is 10.5 Å². The number of Topliss-reactive ketones (excluding diaryl/α,β-unsaturated/α-hetero) is 1. The molecule has 0 aromatic heterocycles. The second kappa shape index (κ2) is 5.29. The zero-order chi connectivity index (χ0) is 13.1. The molecule has 1 rings (SSSR count). The van der Waals surface area contributed by atoms with Crippen LogP contribution in [0.2, 0.25) is 0 Å². The number of hydrogen-bond acceptors (Lipinski definition) is 5. The fourth-order valence-corrected chi connectivity index (χ4v) is 2.34. The van der Waals surface area contributed by atoms with Crippen molar-refractivity contribution >= 4 is 15.6 Å². The van der Waals surface area contributed by atoms with Gasteiger partial charge < -0.3 is 10.5 Å². The molecular weight excluding hydrogens is 242 g/mol. The lowest BCUT2D eigenvalue weighted by molar-refractivity contribution is 0.0982. The Morgan fingerprint density at radius 1 is 1.41 bits per heavy atom. The van der Waals surface area contributed by atoms with Crippen LogP contribution in [0, 0.1) is 0 Å². The minimum atomic E-state index is -3.47. The third kappa shape index (κ3) is 3.28. The van der Waals surface area contributed by atoms with Crippen molar-refractivity contribution in [2.24, 2.45) is 5.73 Å². The highest BCUT2D eigenvalue weighted by Gasteiger charge is 2.19. The second-order valence-corrected chi connectivity index (χ2v) is 5.58. The van der Waals surface area contributed by atoms with Crippen molar-refractivity contribution in [3.63, 3.8) is 0 Å². The van der Waals surface area contributed by atoms with Gasteiger partial charge in [-0.15, -0.1) is 0 Å². The number of nitrogens with two attached hydrogens (primary N) is 1. The van der Waals surface area contributed by atoms with E-state index in [9.17, 15) is 13.2 Å². The zero-order valence-corrected chi connectivity index (χ0v) is 10.6. The maximum absolute atomic E-state index is 11.7. The van der Waals surface area contributed by atoms with Crippen molar-refractivity contribution in [1.82, 2.24) is 0 Å². The van der Waals surface area contributed by atoms with Gasteiger partial charge in [0.25, 0.3) is 0 Å². The zero-order valence-electron chi connectivity index (χ0n) is 9.76. The Labute approximate surface area is 100 Å². The van der Waals surface area contributed by atoms with Crippen LogP contribution in [0.3, 0.4) is 0 Å². The molecule has 0 fully saturated rings. The summed E-state index contributed by atoms with van der Waals surface area (Å²) in [5.41, 5.74) is 5.45. The molecule has 0 radical (unpaired) electrons. The fraction of sp³-hybridized carbons (Fsp3) is 0.364. The first kappa shape index (κ1) is 13.7. The molecule has 0 atom stereocenters. The molecule has 94 valence electrons. The van der Waals surface area contributed by atoms with E-state index in [0.717, 1.165) is 6.26 Å². The topological polar surface area (TPSA) is 86.5 Å². The summed E-state index contributed by atoms with van der Waals surface area (Å²) in [6.45, 7) is 0.189. The predicted octanol–water partition coefficient (Wildman–Crippen LogP) is 0.630. The molecule has 0 spiro atoms. The Bertz CT molecular complexity index is 522. The van der Waals surface area contributed by atoms with Crippen LogP contribution in [0.1, 0.15) is 16.8 Å². The van der Waals surface area contributed by atoms with Gasteiger partial charge >= 0.3 is 0 Å². The standard InChI is InChI=1S/C11H15NO4S/c1-16-8-3-4-9(10(13)5-6-12)11(7-8)17(2,14)15/h3-4,7H,5-6,12H2,1-2H3. The van der Waals surface area contributed by atoms with Gasteiger partial charge in [-0.2, -0.15) is 0 Å². The van der Waals surface area contributed by atoms with E-state index in [-0.39, 0.29) is 29.2 Å². The number of hydrogen-bond donors (Lipinski definition) is 1. The molecule has 17 heavy (non-hydrogen) atoms. The van der Waals surface area contributed by atoms with Crippen molar-refractivity contribution in [2.45, 2.75) is 11.3 Å². The summed E-state index contributed by atoms with van der Waals surface area (Å²) < 4.78 is 28.1. The number of rotatable bonds is 5. The summed E-state index contributed by atoms with van der Waals surface area (Å²) in [7, 11) is -2.04. The molecular formula is C11H15NO4S. The molecule has 6 heteroatoms. The molecule has 0 aliphatic carbocycles. The quantitative estimate of drug-likeness (QED) is 0.782. The van der Waals surface area contributed by atoms with Gasteiger partial charge in [0.1, 0.15) is 5.75 Å². The first-order valence-electron chi connectivity index (χ1n) is 5.01. The maximum Gasteiger partial charge on any atom is 0.176 e. The van der Waals surface area contributed by atoms with Crippen molar-refractivity contribution in [1.29, 1.82) is 0 Å². The van der Waals surface area contributed by atoms with Gasteiger partial charge in [-0.25, -0.2) is 8.42 Å². The molecule has 0 unspecified atom stereocenters. The highest BCUT2D eigenvalue weighted by molar-refractivity contribution is 7.90. The molecule has 5 nitrogen and oxygen atoms in total. The van der Waals surface area contributed by atoms with Gasteiger partial charge in [-0.1, -0.05) is 0 Å². The Balaban J connectivity index is 3.35. The fourth-order valence-electron chi connectivity index (χ4n) is 1.43. The van der Waals surface area contributed by atoms with Crippen LogP contribution in [0.15, 0.2) is 23.1 Å². The van der Waals surface area contributed by atoms with Crippen LogP contribution in [0.5, 0.6) is 5.75 Å². The van der Waals surface area contributed by atoms with E-state index in [4.69, 9.17) is 10.5 Å². The lowest BCUT2D eigenvalue weighted by Gasteiger charge is -2.08. The number of methoxy groups -OCH3 is 1. The third-order valence-electron chi connectivity index (χ3n) is 2.26. The normalized spacial score (nSPS) is 11.2. The van der Waals surface area contributed by atoms with Gasteiger partial charge in [0, 0.05) is 18.2 Å². The summed E-state index contributed by atoms with van der Waals surface area (Å²) in [5.74, 6) is 0.116. The molecule has 0 heterocycles. The van der Waals surface area contributed by atoms with E-state index >= 15 is 0 Å². The van der Waals surface area contributed by atoms with E-state index in [1.807, 2.05) is 0 Å². The Hall–Kier alpha value is -1.40. The summed E-state index contributed by atoms with van der Waals surface area (Å²) in [6, 6.07) is 4.35. The monoisotopic (exact) mass is 257 g/mol. The summed E-state index contributed by atoms with van der Waals surface area (Å²) in [6.07, 6.45) is 1.18. The van der Waals surface area contributed by atoms with E-state index in [2.05, 4.69) is 0 Å².